The molecule has 98 valence electrons. The molecule has 0 aromatic carbocycles. The second-order valence-electron chi connectivity index (χ2n) is 5.15. The van der Waals surface area contributed by atoms with Crippen LogP contribution in [0.3, 0.4) is 0 Å². The number of carboxylic acid groups (broad SMARTS) is 1. The van der Waals surface area contributed by atoms with Crippen molar-refractivity contribution in [2.45, 2.75) is 52.4 Å². The summed E-state index contributed by atoms with van der Waals surface area (Å²) in [6.07, 6.45) is 7.97. The minimum atomic E-state index is -0.833. The van der Waals surface area contributed by atoms with Crippen molar-refractivity contribution in [2.24, 2.45) is 10.4 Å². The van der Waals surface area contributed by atoms with E-state index >= 15 is 0 Å². The van der Waals surface area contributed by atoms with Gasteiger partial charge >= 0.3 is 0 Å². The summed E-state index contributed by atoms with van der Waals surface area (Å²) in [6, 6.07) is 0. The molecule has 0 unspecified atom stereocenters. The number of nitrogens with zero attached hydrogens (tertiary/aromatic N) is 1. The minimum Gasteiger partial charge on any atom is -0.481 e. The molecule has 2 rings (SSSR count). The Morgan fingerprint density at radius 3 is 2.47 bits per heavy atom. The number of aliphatic carboxylic acids is 1. The summed E-state index contributed by atoms with van der Waals surface area (Å²) in [6.45, 7) is 5.63. The molecule has 1 fully saturated rings. The maximum Gasteiger partial charge on any atom is 0.300 e. The summed E-state index contributed by atoms with van der Waals surface area (Å²) in [5.41, 5.74) is 0.393. The number of hydrogen-bond donors (Lipinski definition) is 2. The number of rotatable bonds is 1. The van der Waals surface area contributed by atoms with E-state index in [0.29, 0.717) is 5.41 Å². The largest absolute Gasteiger partial charge is 0.481 e. The highest BCUT2D eigenvalue weighted by molar-refractivity contribution is 5.88. The molecule has 0 aromatic rings. The van der Waals surface area contributed by atoms with E-state index in [1.165, 1.54) is 44.4 Å². The number of hydrogen-bond acceptors (Lipinski definition) is 3. The molecule has 1 heterocycles. The summed E-state index contributed by atoms with van der Waals surface area (Å²) in [5, 5.41) is 10.9. The number of carboxylic acids is 1. The highest BCUT2D eigenvalue weighted by atomic mass is 16.4. The lowest BCUT2D eigenvalue weighted by Crippen LogP contribution is -2.37. The van der Waals surface area contributed by atoms with Crippen LogP contribution in [0.25, 0.3) is 0 Å². The Labute approximate surface area is 104 Å². The van der Waals surface area contributed by atoms with Gasteiger partial charge in [0, 0.05) is 25.4 Å². The van der Waals surface area contributed by atoms with Gasteiger partial charge in [0.1, 0.15) is 5.84 Å². The molecular weight excluding hydrogens is 216 g/mol. The van der Waals surface area contributed by atoms with E-state index in [4.69, 9.17) is 9.90 Å². The second-order valence-corrected chi connectivity index (χ2v) is 5.15. The summed E-state index contributed by atoms with van der Waals surface area (Å²) >= 11 is 0. The van der Waals surface area contributed by atoms with Crippen LogP contribution < -0.4 is 5.32 Å². The Morgan fingerprint density at radius 2 is 1.88 bits per heavy atom. The molecule has 1 saturated carbocycles. The van der Waals surface area contributed by atoms with Gasteiger partial charge in [0.2, 0.25) is 0 Å². The lowest BCUT2D eigenvalue weighted by atomic mass is 9.87. The van der Waals surface area contributed by atoms with Gasteiger partial charge in [-0.05, 0) is 25.7 Å². The number of amidine groups is 1. The standard InChI is InChI=1S/C11H20N2.C2H4O2/c1-11(6-2-3-7-11)10-12-8-4-5-9-13-10;1-2(3)4/h2-9H2,1H3,(H,12,13);1H3,(H,3,4). The molecule has 4 heteroatoms. The van der Waals surface area contributed by atoms with Gasteiger partial charge in [-0.15, -0.1) is 0 Å². The molecule has 0 aromatic heterocycles. The zero-order valence-corrected chi connectivity index (χ0v) is 11.0. The van der Waals surface area contributed by atoms with E-state index in [-0.39, 0.29) is 0 Å². The first-order valence-electron chi connectivity index (χ1n) is 6.53. The molecule has 0 amide bonds. The average Bonchev–Trinajstić information content (AvgIpc) is 2.55. The smallest absolute Gasteiger partial charge is 0.300 e. The molecule has 1 aliphatic heterocycles. The monoisotopic (exact) mass is 240 g/mol. The van der Waals surface area contributed by atoms with Gasteiger partial charge in [-0.2, -0.15) is 0 Å². The summed E-state index contributed by atoms with van der Waals surface area (Å²) in [7, 11) is 0. The Hall–Kier alpha value is -1.06. The number of carbonyl (C=O) groups is 1. The van der Waals surface area contributed by atoms with Crippen molar-refractivity contribution in [3.63, 3.8) is 0 Å². The van der Waals surface area contributed by atoms with Crippen LogP contribution in [0.2, 0.25) is 0 Å². The fourth-order valence-corrected chi connectivity index (χ4v) is 2.49. The van der Waals surface area contributed by atoms with Crippen LogP contribution >= 0.6 is 0 Å². The van der Waals surface area contributed by atoms with Crippen molar-refractivity contribution < 1.29 is 9.90 Å². The highest BCUT2D eigenvalue weighted by Crippen LogP contribution is 2.38. The molecule has 0 bridgehead atoms. The predicted molar refractivity (Wildman–Crippen MR) is 69.4 cm³/mol. The van der Waals surface area contributed by atoms with Crippen molar-refractivity contribution in [3.8, 4) is 0 Å². The SMILES string of the molecule is CC(=O)O.CC1(C2=NCCCCN2)CCCC1. The van der Waals surface area contributed by atoms with Crippen LogP contribution in [0.1, 0.15) is 52.4 Å². The van der Waals surface area contributed by atoms with Crippen LogP contribution in [0.15, 0.2) is 4.99 Å². The molecule has 2 aliphatic rings. The zero-order valence-electron chi connectivity index (χ0n) is 11.0. The Balaban J connectivity index is 0.000000317. The normalized spacial score (nSPS) is 22.6. The maximum absolute atomic E-state index is 9.00. The molecule has 0 atom stereocenters. The van der Waals surface area contributed by atoms with Crippen molar-refractivity contribution in [2.75, 3.05) is 13.1 Å². The van der Waals surface area contributed by atoms with Crippen LogP contribution in [-0.4, -0.2) is 30.0 Å². The highest BCUT2D eigenvalue weighted by Gasteiger charge is 2.34. The first-order chi connectivity index (χ1) is 8.04. The molecule has 1 aliphatic carbocycles. The number of nitrogens with one attached hydrogen (secondary N) is 1. The van der Waals surface area contributed by atoms with Gasteiger partial charge in [-0.25, -0.2) is 0 Å². The van der Waals surface area contributed by atoms with Gasteiger partial charge in [-0.3, -0.25) is 9.79 Å². The third-order valence-electron chi connectivity index (χ3n) is 3.43. The van der Waals surface area contributed by atoms with E-state index in [0.717, 1.165) is 20.0 Å². The summed E-state index contributed by atoms with van der Waals surface area (Å²) < 4.78 is 0. The fraction of sp³-hybridized carbons (Fsp3) is 0.846. The predicted octanol–water partition coefficient (Wildman–Crippen LogP) is 2.44. The molecule has 4 nitrogen and oxygen atoms in total. The van der Waals surface area contributed by atoms with E-state index in [2.05, 4.69) is 17.2 Å². The van der Waals surface area contributed by atoms with Gasteiger partial charge in [0.05, 0.1) is 0 Å². The molecule has 2 N–H and O–H groups in total. The summed E-state index contributed by atoms with van der Waals surface area (Å²) in [4.78, 5) is 13.7. The quantitative estimate of drug-likeness (QED) is 0.740. The second kappa shape index (κ2) is 6.62. The molecule has 17 heavy (non-hydrogen) atoms. The first kappa shape index (κ1) is 14.0. The lowest BCUT2D eigenvalue weighted by molar-refractivity contribution is -0.134. The van der Waals surface area contributed by atoms with E-state index < -0.39 is 5.97 Å². The van der Waals surface area contributed by atoms with Gasteiger partial charge in [-0.1, -0.05) is 19.8 Å². The van der Waals surface area contributed by atoms with Crippen LogP contribution in [0, 0.1) is 5.41 Å². The van der Waals surface area contributed by atoms with Gasteiger partial charge < -0.3 is 10.4 Å². The maximum atomic E-state index is 9.00. The molecule has 0 spiro atoms. The third-order valence-corrected chi connectivity index (χ3v) is 3.43. The Morgan fingerprint density at radius 1 is 1.29 bits per heavy atom. The molecule has 0 radical (unpaired) electrons. The fourth-order valence-electron chi connectivity index (χ4n) is 2.49. The zero-order chi connectivity index (χ0) is 12.7. The third kappa shape index (κ3) is 4.75. The minimum absolute atomic E-state index is 0.393. The Kier molecular flexibility index (Phi) is 5.45. The average molecular weight is 240 g/mol. The van der Waals surface area contributed by atoms with E-state index in [1.807, 2.05) is 0 Å². The van der Waals surface area contributed by atoms with Crippen molar-refractivity contribution in [3.05, 3.63) is 0 Å². The van der Waals surface area contributed by atoms with E-state index in [1.54, 1.807) is 0 Å². The Bertz CT molecular complexity index is 277. The van der Waals surface area contributed by atoms with Crippen molar-refractivity contribution in [1.82, 2.24) is 5.32 Å². The van der Waals surface area contributed by atoms with Gasteiger partial charge in [0.15, 0.2) is 0 Å². The van der Waals surface area contributed by atoms with Crippen LogP contribution in [0.5, 0.6) is 0 Å². The molecular formula is C13H24N2O2. The number of aliphatic imine (C=N–C) groups is 1. The lowest BCUT2D eigenvalue weighted by Gasteiger charge is -2.26. The first-order valence-corrected chi connectivity index (χ1v) is 6.53. The topological polar surface area (TPSA) is 61.7 Å². The van der Waals surface area contributed by atoms with Crippen molar-refractivity contribution in [1.29, 1.82) is 0 Å². The van der Waals surface area contributed by atoms with Crippen LogP contribution in [-0.2, 0) is 4.79 Å². The van der Waals surface area contributed by atoms with Crippen molar-refractivity contribution >= 4 is 11.8 Å². The molecule has 0 saturated heterocycles. The van der Waals surface area contributed by atoms with E-state index in [9.17, 15) is 0 Å². The van der Waals surface area contributed by atoms with Gasteiger partial charge in [0.25, 0.3) is 5.97 Å². The van der Waals surface area contributed by atoms with Crippen LogP contribution in [0.4, 0.5) is 0 Å². The summed E-state index contributed by atoms with van der Waals surface area (Å²) in [5.74, 6) is 0.475.